The van der Waals surface area contributed by atoms with Gasteiger partial charge in [-0.15, -0.1) is 0 Å². The zero-order chi connectivity index (χ0) is 23.4. The summed E-state index contributed by atoms with van der Waals surface area (Å²) in [6, 6.07) is 13.7. The standard InChI is InChI=1S/C24H26FN5O3/c1-15(25)24(26)20-7-4-6-19(29-20)16-11-21-18(22(12-16)33-10-9-32-2)13-27-30(21)23-8-3-5-17(14-31)28-23/h3-8,11-13,15,24,31H,9-10,14,26H2,1-2H3/t15?,24-/m1/s1. The molecule has 0 amide bonds. The number of pyridine rings is 2. The van der Waals surface area contributed by atoms with Crippen molar-refractivity contribution in [2.45, 2.75) is 25.7 Å². The highest BCUT2D eigenvalue weighted by Crippen LogP contribution is 2.33. The summed E-state index contributed by atoms with van der Waals surface area (Å²) >= 11 is 0. The molecular weight excluding hydrogens is 425 g/mol. The Morgan fingerprint density at radius 1 is 1.12 bits per heavy atom. The van der Waals surface area contributed by atoms with Crippen molar-refractivity contribution in [3.63, 3.8) is 0 Å². The Morgan fingerprint density at radius 2 is 1.94 bits per heavy atom. The Labute approximate surface area is 190 Å². The lowest BCUT2D eigenvalue weighted by Gasteiger charge is -2.14. The van der Waals surface area contributed by atoms with Gasteiger partial charge < -0.3 is 20.3 Å². The highest BCUT2D eigenvalue weighted by molar-refractivity contribution is 5.90. The molecule has 3 heterocycles. The van der Waals surface area contributed by atoms with Gasteiger partial charge in [0, 0.05) is 12.7 Å². The number of rotatable bonds is 9. The minimum absolute atomic E-state index is 0.173. The number of alkyl halides is 1. The van der Waals surface area contributed by atoms with E-state index in [1.54, 1.807) is 36.2 Å². The van der Waals surface area contributed by atoms with E-state index in [4.69, 9.17) is 15.2 Å². The van der Waals surface area contributed by atoms with Gasteiger partial charge in [0.25, 0.3) is 0 Å². The molecule has 0 saturated heterocycles. The lowest BCUT2D eigenvalue weighted by Crippen LogP contribution is -2.21. The van der Waals surface area contributed by atoms with Crippen LogP contribution in [0.5, 0.6) is 5.75 Å². The van der Waals surface area contributed by atoms with Crippen LogP contribution in [0.3, 0.4) is 0 Å². The van der Waals surface area contributed by atoms with Gasteiger partial charge in [-0.1, -0.05) is 12.1 Å². The molecule has 0 bridgehead atoms. The molecule has 4 rings (SSSR count). The fraction of sp³-hybridized carbons (Fsp3) is 0.292. The lowest BCUT2D eigenvalue weighted by molar-refractivity contribution is 0.147. The third kappa shape index (κ3) is 4.85. The normalized spacial score (nSPS) is 13.2. The third-order valence-electron chi connectivity index (χ3n) is 5.27. The lowest BCUT2D eigenvalue weighted by atomic mass is 10.1. The number of benzene rings is 1. The van der Waals surface area contributed by atoms with Gasteiger partial charge in [0.2, 0.25) is 0 Å². The molecule has 1 aromatic carbocycles. The van der Waals surface area contributed by atoms with Crippen molar-refractivity contribution < 1.29 is 19.0 Å². The smallest absolute Gasteiger partial charge is 0.154 e. The number of aromatic nitrogens is 4. The van der Waals surface area contributed by atoms with Crippen molar-refractivity contribution in [3.05, 3.63) is 66.1 Å². The zero-order valence-corrected chi connectivity index (χ0v) is 18.5. The zero-order valence-electron chi connectivity index (χ0n) is 18.5. The van der Waals surface area contributed by atoms with Crippen LogP contribution < -0.4 is 10.5 Å². The van der Waals surface area contributed by atoms with E-state index in [2.05, 4.69) is 15.1 Å². The molecule has 0 spiro atoms. The fourth-order valence-corrected chi connectivity index (χ4v) is 3.49. The molecule has 0 aliphatic rings. The Balaban J connectivity index is 1.85. The number of hydrogen-bond acceptors (Lipinski definition) is 7. The van der Waals surface area contributed by atoms with E-state index in [0.717, 1.165) is 16.5 Å². The van der Waals surface area contributed by atoms with Crippen LogP contribution in [0.1, 0.15) is 24.4 Å². The summed E-state index contributed by atoms with van der Waals surface area (Å²) in [5.74, 6) is 1.17. The number of aliphatic hydroxyl groups is 1. The summed E-state index contributed by atoms with van der Waals surface area (Å²) in [5.41, 5.74) is 9.12. The third-order valence-corrected chi connectivity index (χ3v) is 5.27. The van der Waals surface area contributed by atoms with E-state index in [-0.39, 0.29) is 6.61 Å². The number of nitrogens with zero attached hydrogens (tertiary/aromatic N) is 4. The summed E-state index contributed by atoms with van der Waals surface area (Å²) in [4.78, 5) is 9.06. The molecule has 0 fully saturated rings. The van der Waals surface area contributed by atoms with Crippen molar-refractivity contribution in [1.29, 1.82) is 0 Å². The Kier molecular flexibility index (Phi) is 6.93. The second-order valence-corrected chi connectivity index (χ2v) is 7.60. The molecule has 3 aromatic heterocycles. The number of aliphatic hydroxyl groups excluding tert-OH is 1. The largest absolute Gasteiger partial charge is 0.490 e. The van der Waals surface area contributed by atoms with Gasteiger partial charge >= 0.3 is 0 Å². The quantitative estimate of drug-likeness (QED) is 0.376. The van der Waals surface area contributed by atoms with E-state index in [0.29, 0.717) is 41.9 Å². The molecule has 2 atom stereocenters. The van der Waals surface area contributed by atoms with E-state index in [9.17, 15) is 9.50 Å². The Bertz CT molecular complexity index is 1240. The van der Waals surface area contributed by atoms with Crippen LogP contribution in [-0.2, 0) is 11.3 Å². The molecule has 8 nitrogen and oxygen atoms in total. The van der Waals surface area contributed by atoms with Crippen molar-refractivity contribution in [3.8, 4) is 22.8 Å². The summed E-state index contributed by atoms with van der Waals surface area (Å²) in [6.45, 7) is 2.03. The van der Waals surface area contributed by atoms with Crippen molar-refractivity contribution >= 4 is 10.9 Å². The van der Waals surface area contributed by atoms with Crippen molar-refractivity contribution in [2.75, 3.05) is 20.3 Å². The molecule has 172 valence electrons. The number of hydrogen-bond donors (Lipinski definition) is 2. The minimum Gasteiger partial charge on any atom is -0.490 e. The number of halogens is 1. The summed E-state index contributed by atoms with van der Waals surface area (Å²) < 4.78 is 26.6. The maximum absolute atomic E-state index is 13.8. The maximum atomic E-state index is 13.8. The van der Waals surface area contributed by atoms with E-state index < -0.39 is 12.2 Å². The molecule has 33 heavy (non-hydrogen) atoms. The average molecular weight is 452 g/mol. The highest BCUT2D eigenvalue weighted by Gasteiger charge is 2.18. The van der Waals surface area contributed by atoms with Gasteiger partial charge in [0.05, 0.1) is 53.4 Å². The van der Waals surface area contributed by atoms with E-state index in [1.165, 1.54) is 6.92 Å². The SMILES string of the molecule is COCCOc1cc(-c2cccc([C@H](N)C(C)F)n2)cc2c1cnn2-c1cccc(CO)n1. The summed E-state index contributed by atoms with van der Waals surface area (Å²) in [5, 5.41) is 14.8. The van der Waals surface area contributed by atoms with Crippen LogP contribution in [0.4, 0.5) is 4.39 Å². The van der Waals surface area contributed by atoms with Gasteiger partial charge in [-0.25, -0.2) is 14.1 Å². The molecule has 9 heteroatoms. The molecular formula is C24H26FN5O3. The maximum Gasteiger partial charge on any atom is 0.154 e. The Hall–Kier alpha value is -3.40. The molecule has 0 radical (unpaired) electrons. The number of ether oxygens (including phenoxy) is 2. The highest BCUT2D eigenvalue weighted by atomic mass is 19.1. The van der Waals surface area contributed by atoms with Gasteiger partial charge in [-0.2, -0.15) is 5.10 Å². The second-order valence-electron chi connectivity index (χ2n) is 7.60. The second kappa shape index (κ2) is 10.0. The first-order valence-electron chi connectivity index (χ1n) is 10.6. The topological polar surface area (TPSA) is 108 Å². The molecule has 0 aliphatic carbocycles. The van der Waals surface area contributed by atoms with E-state index in [1.807, 2.05) is 30.3 Å². The first-order chi connectivity index (χ1) is 16.0. The molecule has 3 N–H and O–H groups in total. The van der Waals surface area contributed by atoms with Crippen LogP contribution in [0, 0.1) is 0 Å². The summed E-state index contributed by atoms with van der Waals surface area (Å²) in [7, 11) is 1.61. The average Bonchev–Trinajstić information content (AvgIpc) is 3.28. The van der Waals surface area contributed by atoms with Crippen LogP contribution >= 0.6 is 0 Å². The predicted octanol–water partition coefficient (Wildman–Crippen LogP) is 3.36. The Morgan fingerprint density at radius 3 is 2.70 bits per heavy atom. The van der Waals surface area contributed by atoms with Gasteiger partial charge in [0.1, 0.15) is 18.5 Å². The summed E-state index contributed by atoms with van der Waals surface area (Å²) in [6.07, 6.45) is 0.480. The minimum atomic E-state index is -1.23. The monoisotopic (exact) mass is 451 g/mol. The van der Waals surface area contributed by atoms with Crippen LogP contribution in [0.2, 0.25) is 0 Å². The van der Waals surface area contributed by atoms with Crippen LogP contribution in [0.25, 0.3) is 28.0 Å². The number of methoxy groups -OCH3 is 1. The molecule has 0 saturated carbocycles. The number of nitrogens with two attached hydrogens (primary N) is 1. The number of fused-ring (bicyclic) bond motifs is 1. The van der Waals surface area contributed by atoms with E-state index >= 15 is 0 Å². The van der Waals surface area contributed by atoms with Gasteiger partial charge in [0.15, 0.2) is 5.82 Å². The van der Waals surface area contributed by atoms with Gasteiger partial charge in [-0.3, -0.25) is 4.98 Å². The first-order valence-corrected chi connectivity index (χ1v) is 10.6. The molecule has 0 aliphatic heterocycles. The van der Waals surface area contributed by atoms with Gasteiger partial charge in [-0.05, 0) is 43.3 Å². The first kappa shape index (κ1) is 22.8. The van der Waals surface area contributed by atoms with Crippen LogP contribution in [-0.4, -0.2) is 51.4 Å². The fourth-order valence-electron chi connectivity index (χ4n) is 3.49. The molecule has 1 unspecified atom stereocenters. The van der Waals surface area contributed by atoms with Crippen molar-refractivity contribution in [1.82, 2.24) is 19.7 Å². The van der Waals surface area contributed by atoms with Crippen molar-refractivity contribution in [2.24, 2.45) is 5.73 Å². The predicted molar refractivity (Wildman–Crippen MR) is 123 cm³/mol. The molecule has 4 aromatic rings. The van der Waals surface area contributed by atoms with Crippen LogP contribution in [0.15, 0.2) is 54.7 Å².